The van der Waals surface area contributed by atoms with Crippen LogP contribution in [0.3, 0.4) is 0 Å². The quantitative estimate of drug-likeness (QED) is 0.289. The van der Waals surface area contributed by atoms with Gasteiger partial charge in [-0.05, 0) is 75.5 Å². The zero-order chi connectivity index (χ0) is 29.8. The third-order valence-electron chi connectivity index (χ3n) is 8.43. The Labute approximate surface area is 253 Å². The van der Waals surface area contributed by atoms with Crippen molar-refractivity contribution in [3.8, 4) is 0 Å². The van der Waals surface area contributed by atoms with Gasteiger partial charge in [0.05, 0.1) is 16.8 Å². The second-order valence-corrected chi connectivity index (χ2v) is 13.4. The lowest BCUT2D eigenvalue weighted by molar-refractivity contribution is -0.130. The van der Waals surface area contributed by atoms with E-state index in [1.54, 1.807) is 30.3 Å². The fraction of sp³-hybridized carbons (Fsp3) is 0.406. The number of hydrogen-bond acceptors (Lipinski definition) is 8. The molecular formula is C32H39N7O3S. The number of likely N-dealkylation sites (tertiary alicyclic amines) is 2. The summed E-state index contributed by atoms with van der Waals surface area (Å²) in [7, 11) is -3.81. The number of carbonyl (C=O) groups excluding carboxylic acids is 1. The summed E-state index contributed by atoms with van der Waals surface area (Å²) in [5.74, 6) is 0.620. The Kier molecular flexibility index (Phi) is 8.62. The van der Waals surface area contributed by atoms with E-state index in [1.165, 1.54) is 41.3 Å². The molecule has 0 aliphatic carbocycles. The molecule has 2 aromatic carbocycles. The van der Waals surface area contributed by atoms with Gasteiger partial charge in [0.15, 0.2) is 5.65 Å². The molecule has 0 bridgehead atoms. The summed E-state index contributed by atoms with van der Waals surface area (Å²) >= 11 is 0. The van der Waals surface area contributed by atoms with Crippen LogP contribution < -0.4 is 10.6 Å². The normalized spacial score (nSPS) is 18.1. The van der Waals surface area contributed by atoms with Crippen LogP contribution >= 0.6 is 0 Å². The van der Waals surface area contributed by atoms with Gasteiger partial charge in [-0.2, -0.15) is 0 Å². The van der Waals surface area contributed by atoms with Gasteiger partial charge in [0.1, 0.15) is 12.1 Å². The fourth-order valence-electron chi connectivity index (χ4n) is 6.05. The number of hydrogen-bond donors (Lipinski definition) is 2. The largest absolute Gasteiger partial charge is 0.376 e. The molecule has 0 saturated carbocycles. The summed E-state index contributed by atoms with van der Waals surface area (Å²) in [4.78, 5) is 26.6. The van der Waals surface area contributed by atoms with Gasteiger partial charge in [-0.15, -0.1) is 0 Å². The highest BCUT2D eigenvalue weighted by Gasteiger charge is 2.26. The smallest absolute Gasteiger partial charge is 0.269 e. The number of rotatable bonds is 9. The standard InChI is InChI=1S/C32H39N7O3S/c1-24-11-13-27(14-12-24)43(41,42)39-19-15-28-31(34-23-35-32(28)39)36-26-9-7-18-38(22-26)30(40)20-33-29-10-4-3-8-25(29)21-37-16-5-2-6-17-37/h3-4,8,10-15,19,23,26,33H,2,5-7,9,16-18,20-22H2,1H3,(H,34,35,36)/t26-/m0/s1. The minimum Gasteiger partial charge on any atom is -0.376 e. The number of amides is 1. The number of fused-ring (bicyclic) bond motifs is 1. The number of carbonyl (C=O) groups is 1. The summed E-state index contributed by atoms with van der Waals surface area (Å²) in [6.45, 7) is 6.56. The van der Waals surface area contributed by atoms with E-state index >= 15 is 0 Å². The molecule has 0 unspecified atom stereocenters. The van der Waals surface area contributed by atoms with Crippen LogP contribution in [0.5, 0.6) is 0 Å². The Bertz CT molecular complexity index is 1680. The van der Waals surface area contributed by atoms with Crippen LogP contribution in [-0.2, 0) is 21.4 Å². The second-order valence-electron chi connectivity index (χ2n) is 11.6. The van der Waals surface area contributed by atoms with E-state index in [1.807, 2.05) is 17.9 Å². The lowest BCUT2D eigenvalue weighted by Gasteiger charge is -2.34. The lowest BCUT2D eigenvalue weighted by Crippen LogP contribution is -2.47. The number of anilines is 2. The first-order chi connectivity index (χ1) is 20.9. The number of piperidine rings is 2. The molecule has 11 heteroatoms. The molecule has 2 aliphatic heterocycles. The fourth-order valence-corrected chi connectivity index (χ4v) is 7.35. The van der Waals surface area contributed by atoms with Gasteiger partial charge in [0.25, 0.3) is 10.0 Å². The van der Waals surface area contributed by atoms with E-state index in [0.29, 0.717) is 29.9 Å². The average Bonchev–Trinajstić information content (AvgIpc) is 3.48. The number of para-hydroxylation sites is 1. The molecule has 1 atom stereocenters. The number of nitrogens with zero attached hydrogens (tertiary/aromatic N) is 5. The van der Waals surface area contributed by atoms with Crippen molar-refractivity contribution in [1.29, 1.82) is 0 Å². The summed E-state index contributed by atoms with van der Waals surface area (Å²) in [6.07, 6.45) is 8.44. The molecule has 2 saturated heterocycles. The molecule has 2 aliphatic rings. The van der Waals surface area contributed by atoms with Gasteiger partial charge in [-0.3, -0.25) is 9.69 Å². The van der Waals surface area contributed by atoms with Crippen molar-refractivity contribution >= 4 is 38.5 Å². The average molecular weight is 602 g/mol. The number of benzene rings is 2. The Balaban J connectivity index is 1.10. The van der Waals surface area contributed by atoms with Gasteiger partial charge in [0, 0.05) is 37.6 Å². The highest BCUT2D eigenvalue weighted by molar-refractivity contribution is 7.90. The molecule has 1 amide bonds. The predicted molar refractivity (Wildman–Crippen MR) is 169 cm³/mol. The first-order valence-electron chi connectivity index (χ1n) is 15.1. The minimum absolute atomic E-state index is 0.0146. The van der Waals surface area contributed by atoms with E-state index < -0.39 is 10.0 Å². The van der Waals surface area contributed by atoms with E-state index in [2.05, 4.69) is 43.7 Å². The van der Waals surface area contributed by atoms with Crippen molar-refractivity contribution in [1.82, 2.24) is 23.7 Å². The molecule has 10 nitrogen and oxygen atoms in total. The van der Waals surface area contributed by atoms with Crippen LogP contribution in [0.25, 0.3) is 11.0 Å². The van der Waals surface area contributed by atoms with Crippen LogP contribution in [0.4, 0.5) is 11.5 Å². The van der Waals surface area contributed by atoms with Crippen molar-refractivity contribution in [3.63, 3.8) is 0 Å². The van der Waals surface area contributed by atoms with Crippen molar-refractivity contribution in [3.05, 3.63) is 78.2 Å². The Morgan fingerprint density at radius 1 is 0.953 bits per heavy atom. The third-order valence-corrected chi connectivity index (χ3v) is 10.1. The predicted octanol–water partition coefficient (Wildman–Crippen LogP) is 4.48. The molecule has 2 fully saturated rings. The van der Waals surface area contributed by atoms with Crippen molar-refractivity contribution in [2.75, 3.05) is 43.4 Å². The minimum atomic E-state index is -3.81. The van der Waals surface area contributed by atoms with Crippen LogP contribution in [0.15, 0.2) is 72.0 Å². The van der Waals surface area contributed by atoms with Gasteiger partial charge in [-0.1, -0.05) is 42.3 Å². The van der Waals surface area contributed by atoms with E-state index in [0.717, 1.165) is 43.7 Å². The monoisotopic (exact) mass is 601 g/mol. The Hall–Kier alpha value is -3.96. The van der Waals surface area contributed by atoms with Crippen LogP contribution in [-0.4, -0.2) is 76.8 Å². The maximum absolute atomic E-state index is 13.4. The first kappa shape index (κ1) is 29.1. The summed E-state index contributed by atoms with van der Waals surface area (Å²) in [5, 5.41) is 7.49. The molecular weight excluding hydrogens is 562 g/mol. The maximum Gasteiger partial charge on any atom is 0.269 e. The van der Waals surface area contributed by atoms with Crippen molar-refractivity contribution in [2.45, 2.75) is 56.5 Å². The van der Waals surface area contributed by atoms with Gasteiger partial charge in [-0.25, -0.2) is 22.4 Å². The molecule has 0 radical (unpaired) electrons. The number of nitrogens with one attached hydrogen (secondary N) is 2. The Morgan fingerprint density at radius 3 is 2.56 bits per heavy atom. The van der Waals surface area contributed by atoms with Crippen LogP contribution in [0, 0.1) is 6.92 Å². The van der Waals surface area contributed by atoms with Gasteiger partial charge in [0.2, 0.25) is 5.91 Å². The van der Waals surface area contributed by atoms with Crippen LogP contribution in [0.2, 0.25) is 0 Å². The maximum atomic E-state index is 13.4. The van der Waals surface area contributed by atoms with Gasteiger partial charge < -0.3 is 15.5 Å². The summed E-state index contributed by atoms with van der Waals surface area (Å²) < 4.78 is 27.9. The van der Waals surface area contributed by atoms with E-state index in [9.17, 15) is 13.2 Å². The zero-order valence-corrected chi connectivity index (χ0v) is 25.4. The topological polar surface area (TPSA) is 112 Å². The summed E-state index contributed by atoms with van der Waals surface area (Å²) in [6, 6.07) is 16.7. The highest BCUT2D eigenvalue weighted by atomic mass is 32.2. The molecule has 6 rings (SSSR count). The van der Waals surface area contributed by atoms with Crippen molar-refractivity contribution < 1.29 is 13.2 Å². The highest BCUT2D eigenvalue weighted by Crippen LogP contribution is 2.27. The second kappa shape index (κ2) is 12.7. The number of aromatic nitrogens is 3. The molecule has 0 spiro atoms. The molecule has 2 N–H and O–H groups in total. The zero-order valence-electron chi connectivity index (χ0n) is 24.6. The third kappa shape index (κ3) is 6.52. The lowest BCUT2D eigenvalue weighted by atomic mass is 10.1. The Morgan fingerprint density at radius 2 is 1.74 bits per heavy atom. The molecule has 4 heterocycles. The molecule has 2 aromatic heterocycles. The van der Waals surface area contributed by atoms with E-state index in [-0.39, 0.29) is 23.4 Å². The molecule has 226 valence electrons. The summed E-state index contributed by atoms with van der Waals surface area (Å²) in [5.41, 5.74) is 3.54. The van der Waals surface area contributed by atoms with E-state index in [4.69, 9.17) is 0 Å². The van der Waals surface area contributed by atoms with Crippen molar-refractivity contribution in [2.24, 2.45) is 0 Å². The SMILES string of the molecule is Cc1ccc(S(=O)(=O)n2ccc3c(N[C@H]4CCCN(C(=O)CNc5ccccc5CN5CCCCC5)C4)ncnc32)cc1. The number of aryl methyl sites for hydroxylation is 1. The van der Waals surface area contributed by atoms with Gasteiger partial charge >= 0.3 is 0 Å². The first-order valence-corrected chi connectivity index (χ1v) is 16.6. The molecule has 43 heavy (non-hydrogen) atoms. The molecule has 4 aromatic rings. The van der Waals surface area contributed by atoms with Crippen LogP contribution in [0.1, 0.15) is 43.2 Å².